The third-order valence-corrected chi connectivity index (χ3v) is 7.67. The molecule has 3 aliphatic rings. The van der Waals surface area contributed by atoms with E-state index in [0.29, 0.717) is 48.4 Å². The first kappa shape index (κ1) is 23.4. The van der Waals surface area contributed by atoms with Crippen molar-refractivity contribution >= 4 is 17.5 Å². The zero-order valence-corrected chi connectivity index (χ0v) is 20.7. The molecule has 0 radical (unpaired) electrons. The molecule has 0 spiro atoms. The topological polar surface area (TPSA) is 71.7 Å². The number of carbonyl (C=O) groups excluding carboxylic acids is 1. The Morgan fingerprint density at radius 2 is 1.92 bits per heavy atom. The minimum Gasteiger partial charge on any atom is -0.457 e. The number of amides is 1. The highest BCUT2D eigenvalue weighted by Gasteiger charge is 2.33. The maximum Gasteiger partial charge on any atom is 0.258 e. The molecule has 1 aromatic heterocycles. The second-order valence-corrected chi connectivity index (χ2v) is 10.3. The Kier molecular flexibility index (Phi) is 6.39. The fraction of sp³-hybridized carbons (Fsp3) is 0.444. The van der Waals surface area contributed by atoms with Crippen molar-refractivity contribution in [2.75, 3.05) is 19.6 Å². The summed E-state index contributed by atoms with van der Waals surface area (Å²) in [6, 6.07) is 10.7. The van der Waals surface area contributed by atoms with E-state index in [1.165, 1.54) is 25.0 Å². The molecule has 1 amide bonds. The number of aromatic nitrogens is 2. The molecular weight excluding hydrogens is 483 g/mol. The number of piperidine rings is 1. The first-order valence-electron chi connectivity index (χ1n) is 12.6. The summed E-state index contributed by atoms with van der Waals surface area (Å²) >= 11 is 5.84. The van der Waals surface area contributed by atoms with Gasteiger partial charge < -0.3 is 19.1 Å². The number of rotatable bonds is 7. The van der Waals surface area contributed by atoms with Gasteiger partial charge in [0.25, 0.3) is 5.89 Å². The van der Waals surface area contributed by atoms with Gasteiger partial charge in [-0.3, -0.25) is 4.79 Å². The number of carbonyl (C=O) groups is 1. The van der Waals surface area contributed by atoms with Gasteiger partial charge in [0, 0.05) is 48.7 Å². The van der Waals surface area contributed by atoms with Gasteiger partial charge in [-0.05, 0) is 69.5 Å². The van der Waals surface area contributed by atoms with Crippen LogP contribution in [-0.4, -0.2) is 51.5 Å². The molecule has 3 heterocycles. The van der Waals surface area contributed by atoms with Crippen molar-refractivity contribution in [3.05, 3.63) is 58.6 Å². The zero-order valence-electron chi connectivity index (χ0n) is 20.0. The van der Waals surface area contributed by atoms with Crippen LogP contribution in [0.2, 0.25) is 5.02 Å². The zero-order chi connectivity index (χ0) is 24.6. The summed E-state index contributed by atoms with van der Waals surface area (Å²) in [5.74, 6) is 1.85. The average Bonchev–Trinajstić information content (AvgIpc) is 3.48. The SMILES string of the molecule is O=C1CCCN1Cc1ccc(-c2nc(C3CCN(C4CC4)CC3)no2)cc1Oc1ccc(Cl)c(F)c1. The number of hydrogen-bond donors (Lipinski definition) is 0. The summed E-state index contributed by atoms with van der Waals surface area (Å²) < 4.78 is 25.8. The van der Waals surface area contributed by atoms with Gasteiger partial charge in [-0.2, -0.15) is 4.98 Å². The second-order valence-electron chi connectivity index (χ2n) is 9.92. The van der Waals surface area contributed by atoms with Crippen molar-refractivity contribution < 1.29 is 18.4 Å². The molecule has 1 aliphatic carbocycles. The molecule has 2 aromatic carbocycles. The number of nitrogens with zero attached hydrogens (tertiary/aromatic N) is 4. The van der Waals surface area contributed by atoms with Crippen LogP contribution >= 0.6 is 11.6 Å². The van der Waals surface area contributed by atoms with E-state index in [-0.39, 0.29) is 10.9 Å². The van der Waals surface area contributed by atoms with Crippen LogP contribution in [0.1, 0.15) is 55.8 Å². The lowest BCUT2D eigenvalue weighted by molar-refractivity contribution is -0.128. The number of hydrogen-bond acceptors (Lipinski definition) is 6. The monoisotopic (exact) mass is 510 g/mol. The Morgan fingerprint density at radius 1 is 1.08 bits per heavy atom. The predicted molar refractivity (Wildman–Crippen MR) is 132 cm³/mol. The van der Waals surface area contributed by atoms with Gasteiger partial charge in [0.15, 0.2) is 5.82 Å². The van der Waals surface area contributed by atoms with Crippen LogP contribution in [0, 0.1) is 5.82 Å². The van der Waals surface area contributed by atoms with Crippen LogP contribution in [0.15, 0.2) is 40.9 Å². The third kappa shape index (κ3) is 4.97. The summed E-state index contributed by atoms with van der Waals surface area (Å²) in [7, 11) is 0. The van der Waals surface area contributed by atoms with Crippen LogP contribution in [-0.2, 0) is 11.3 Å². The molecule has 0 unspecified atom stereocenters. The number of likely N-dealkylation sites (tertiary alicyclic amines) is 2. The fourth-order valence-electron chi connectivity index (χ4n) is 5.14. The van der Waals surface area contributed by atoms with Gasteiger partial charge in [0.2, 0.25) is 5.91 Å². The normalized spacial score (nSPS) is 19.3. The van der Waals surface area contributed by atoms with Crippen molar-refractivity contribution in [3.8, 4) is 23.0 Å². The fourth-order valence-corrected chi connectivity index (χ4v) is 5.26. The Morgan fingerprint density at radius 3 is 2.64 bits per heavy atom. The summed E-state index contributed by atoms with van der Waals surface area (Å²) in [5, 5.41) is 4.32. The lowest BCUT2D eigenvalue weighted by Gasteiger charge is -2.30. The van der Waals surface area contributed by atoms with Crippen molar-refractivity contribution in [1.29, 1.82) is 0 Å². The summed E-state index contributed by atoms with van der Waals surface area (Å²) in [6.07, 6.45) is 6.13. The smallest absolute Gasteiger partial charge is 0.258 e. The van der Waals surface area contributed by atoms with Gasteiger partial charge in [-0.1, -0.05) is 22.8 Å². The minimum atomic E-state index is -0.559. The van der Waals surface area contributed by atoms with E-state index in [9.17, 15) is 9.18 Å². The molecule has 9 heteroatoms. The molecule has 3 fully saturated rings. The number of halogens is 2. The van der Waals surface area contributed by atoms with Crippen LogP contribution in [0.4, 0.5) is 4.39 Å². The standard InChI is InChI=1S/C27H28ClFN4O3/c28-22-8-7-21(15-23(22)29)35-24-14-18(3-4-19(24)16-33-11-1-2-25(33)34)27-30-26(31-36-27)17-9-12-32(13-10-17)20-5-6-20/h3-4,7-8,14-15,17,20H,1-2,5-6,9-13,16H2. The van der Waals surface area contributed by atoms with E-state index in [2.05, 4.69) is 10.1 Å². The van der Waals surface area contributed by atoms with Crippen LogP contribution < -0.4 is 4.74 Å². The largest absolute Gasteiger partial charge is 0.457 e. The van der Waals surface area contributed by atoms with Crippen molar-refractivity contribution in [3.63, 3.8) is 0 Å². The third-order valence-electron chi connectivity index (χ3n) is 7.37. The van der Waals surface area contributed by atoms with E-state index >= 15 is 0 Å². The Labute approximate surface area is 214 Å². The average molecular weight is 511 g/mol. The highest BCUT2D eigenvalue weighted by Crippen LogP contribution is 2.36. The van der Waals surface area contributed by atoms with Crippen molar-refractivity contribution in [1.82, 2.24) is 19.9 Å². The maximum absolute atomic E-state index is 14.1. The minimum absolute atomic E-state index is 0.0281. The molecule has 188 valence electrons. The predicted octanol–water partition coefficient (Wildman–Crippen LogP) is 5.79. The van der Waals surface area contributed by atoms with E-state index in [1.54, 1.807) is 6.07 Å². The van der Waals surface area contributed by atoms with Crippen LogP contribution in [0.3, 0.4) is 0 Å². The molecule has 0 bridgehead atoms. The Hall–Kier alpha value is -2.97. The van der Waals surface area contributed by atoms with Crippen molar-refractivity contribution in [2.24, 2.45) is 0 Å². The Bertz CT molecular complexity index is 1270. The summed E-state index contributed by atoms with van der Waals surface area (Å²) in [6.45, 7) is 3.29. The quantitative estimate of drug-likeness (QED) is 0.401. The lowest BCUT2D eigenvalue weighted by Crippen LogP contribution is -2.34. The molecule has 0 N–H and O–H groups in total. The van der Waals surface area contributed by atoms with Gasteiger partial charge in [-0.25, -0.2) is 4.39 Å². The first-order valence-corrected chi connectivity index (χ1v) is 13.0. The number of ether oxygens (including phenoxy) is 1. The molecular formula is C27H28ClFN4O3. The van der Waals surface area contributed by atoms with Crippen molar-refractivity contribution in [2.45, 2.75) is 57.0 Å². The second kappa shape index (κ2) is 9.82. The van der Waals surface area contributed by atoms with Gasteiger partial charge in [0.05, 0.1) is 5.02 Å². The van der Waals surface area contributed by atoms with Gasteiger partial charge >= 0.3 is 0 Å². The Balaban J connectivity index is 1.25. The molecule has 2 aliphatic heterocycles. The van der Waals surface area contributed by atoms with E-state index < -0.39 is 5.82 Å². The molecule has 7 nitrogen and oxygen atoms in total. The van der Waals surface area contributed by atoms with Gasteiger partial charge in [-0.15, -0.1) is 0 Å². The maximum atomic E-state index is 14.1. The number of benzene rings is 2. The highest BCUT2D eigenvalue weighted by atomic mass is 35.5. The summed E-state index contributed by atoms with van der Waals surface area (Å²) in [5.41, 5.74) is 1.53. The van der Waals surface area contributed by atoms with E-state index in [0.717, 1.165) is 49.8 Å². The molecule has 36 heavy (non-hydrogen) atoms. The van der Waals surface area contributed by atoms with E-state index in [1.807, 2.05) is 23.1 Å². The molecule has 1 saturated carbocycles. The van der Waals surface area contributed by atoms with Crippen LogP contribution in [0.5, 0.6) is 11.5 Å². The van der Waals surface area contributed by atoms with Gasteiger partial charge in [0.1, 0.15) is 17.3 Å². The molecule has 0 atom stereocenters. The molecule has 3 aromatic rings. The first-order chi connectivity index (χ1) is 17.5. The van der Waals surface area contributed by atoms with Crippen LogP contribution in [0.25, 0.3) is 11.5 Å². The summed E-state index contributed by atoms with van der Waals surface area (Å²) in [4.78, 5) is 21.3. The molecule has 2 saturated heterocycles. The molecule has 6 rings (SSSR count). The lowest BCUT2D eigenvalue weighted by atomic mass is 9.96. The van der Waals surface area contributed by atoms with E-state index in [4.69, 9.17) is 25.8 Å². The highest BCUT2D eigenvalue weighted by molar-refractivity contribution is 6.30.